The zero-order chi connectivity index (χ0) is 19.9. The Bertz CT molecular complexity index is 932. The second kappa shape index (κ2) is 9.09. The van der Waals surface area contributed by atoms with Crippen LogP contribution < -0.4 is 21.5 Å². The largest absolute Gasteiger partial charge is 0.492 e. The van der Waals surface area contributed by atoms with Gasteiger partial charge in [0.05, 0.1) is 12.3 Å². The molecule has 0 spiro atoms. The molecule has 7 nitrogen and oxygen atoms in total. The number of rotatable bonds is 7. The van der Waals surface area contributed by atoms with E-state index in [2.05, 4.69) is 15.3 Å². The molecule has 1 aromatic heterocycles. The van der Waals surface area contributed by atoms with Crippen molar-refractivity contribution in [3.05, 3.63) is 66.2 Å². The minimum absolute atomic E-state index is 0.229. The lowest BCUT2D eigenvalue weighted by atomic mass is 10.1. The molecule has 1 heterocycles. The number of carbonyl (C=O) groups excluding carboxylic acids is 1. The first-order valence-corrected chi connectivity index (χ1v) is 9.59. The number of hydrogen-bond acceptors (Lipinski definition) is 7. The van der Waals surface area contributed by atoms with Crippen molar-refractivity contribution in [2.45, 2.75) is 17.3 Å². The summed E-state index contributed by atoms with van der Waals surface area (Å²) < 4.78 is 5.59. The van der Waals surface area contributed by atoms with Gasteiger partial charge in [-0.05, 0) is 24.6 Å². The van der Waals surface area contributed by atoms with E-state index in [1.165, 1.54) is 17.8 Å². The van der Waals surface area contributed by atoms with Crippen LogP contribution in [0.15, 0.2) is 65.8 Å². The molecule has 0 unspecified atom stereocenters. The van der Waals surface area contributed by atoms with Crippen LogP contribution in [0.1, 0.15) is 17.7 Å². The number of ether oxygens (including phenoxy) is 1. The minimum atomic E-state index is -0.600. The molecule has 0 saturated heterocycles. The van der Waals surface area contributed by atoms with E-state index >= 15 is 0 Å². The summed E-state index contributed by atoms with van der Waals surface area (Å²) in [6, 6.07) is 18.2. The summed E-state index contributed by atoms with van der Waals surface area (Å²) in [5, 5.41) is 2.67. The average Bonchev–Trinajstić information content (AvgIpc) is 2.68. The van der Waals surface area contributed by atoms with Gasteiger partial charge in [0.1, 0.15) is 22.6 Å². The SMILES string of the molecule is CCOc1ccccc1NC(=O)[C@H](Sc1nc(N)cc(N)n1)c1ccccc1. The quantitative estimate of drug-likeness (QED) is 0.414. The van der Waals surface area contributed by atoms with E-state index in [-0.39, 0.29) is 17.5 Å². The lowest BCUT2D eigenvalue weighted by molar-refractivity contribution is -0.115. The van der Waals surface area contributed by atoms with Crippen LogP contribution in [-0.2, 0) is 4.79 Å². The molecule has 28 heavy (non-hydrogen) atoms. The number of hydrogen-bond donors (Lipinski definition) is 3. The van der Waals surface area contributed by atoms with Gasteiger partial charge in [-0.15, -0.1) is 0 Å². The lowest BCUT2D eigenvalue weighted by Crippen LogP contribution is -2.20. The third kappa shape index (κ3) is 4.92. The van der Waals surface area contributed by atoms with Gasteiger partial charge < -0.3 is 21.5 Å². The molecular formula is C20H21N5O2S. The van der Waals surface area contributed by atoms with Crippen LogP contribution in [0.3, 0.4) is 0 Å². The number of nitrogens with one attached hydrogen (secondary N) is 1. The Morgan fingerprint density at radius 1 is 1.07 bits per heavy atom. The summed E-state index contributed by atoms with van der Waals surface area (Å²) in [5.41, 5.74) is 12.9. The van der Waals surface area contributed by atoms with Crippen molar-refractivity contribution in [3.63, 3.8) is 0 Å². The van der Waals surface area contributed by atoms with Crippen LogP contribution in [0.2, 0.25) is 0 Å². The summed E-state index contributed by atoms with van der Waals surface area (Å²) >= 11 is 1.18. The number of anilines is 3. The van der Waals surface area contributed by atoms with Crippen molar-refractivity contribution >= 4 is 35.0 Å². The van der Waals surface area contributed by atoms with Crippen LogP contribution >= 0.6 is 11.8 Å². The van der Waals surface area contributed by atoms with E-state index < -0.39 is 5.25 Å². The fourth-order valence-corrected chi connectivity index (χ4v) is 3.56. The molecule has 0 radical (unpaired) electrons. The maximum absolute atomic E-state index is 13.1. The molecule has 0 fully saturated rings. The van der Waals surface area contributed by atoms with E-state index in [1.807, 2.05) is 55.5 Å². The van der Waals surface area contributed by atoms with Gasteiger partial charge in [0.15, 0.2) is 5.16 Å². The molecule has 1 amide bonds. The molecule has 0 bridgehead atoms. The van der Waals surface area contributed by atoms with Gasteiger partial charge in [-0.2, -0.15) is 0 Å². The minimum Gasteiger partial charge on any atom is -0.492 e. The van der Waals surface area contributed by atoms with E-state index in [1.54, 1.807) is 6.07 Å². The van der Waals surface area contributed by atoms with Crippen molar-refractivity contribution in [2.75, 3.05) is 23.4 Å². The smallest absolute Gasteiger partial charge is 0.242 e. The van der Waals surface area contributed by atoms with E-state index in [0.29, 0.717) is 23.2 Å². The monoisotopic (exact) mass is 395 g/mol. The maximum atomic E-state index is 13.1. The molecule has 0 saturated carbocycles. The van der Waals surface area contributed by atoms with Crippen LogP contribution in [0.5, 0.6) is 5.75 Å². The zero-order valence-corrected chi connectivity index (χ0v) is 16.1. The first-order chi connectivity index (χ1) is 13.6. The van der Waals surface area contributed by atoms with Gasteiger partial charge in [-0.1, -0.05) is 54.2 Å². The Balaban J connectivity index is 1.90. The highest BCUT2D eigenvalue weighted by atomic mass is 32.2. The number of thioether (sulfide) groups is 1. The van der Waals surface area contributed by atoms with Crippen molar-refractivity contribution in [1.29, 1.82) is 0 Å². The Morgan fingerprint density at radius 3 is 2.39 bits per heavy atom. The van der Waals surface area contributed by atoms with Gasteiger partial charge in [0, 0.05) is 6.07 Å². The van der Waals surface area contributed by atoms with Crippen molar-refractivity contribution < 1.29 is 9.53 Å². The van der Waals surface area contributed by atoms with Crippen LogP contribution in [0.4, 0.5) is 17.3 Å². The van der Waals surface area contributed by atoms with E-state index in [4.69, 9.17) is 16.2 Å². The molecule has 0 aliphatic rings. The molecule has 0 aliphatic heterocycles. The molecule has 3 aromatic rings. The number of nitrogens with two attached hydrogens (primary N) is 2. The predicted molar refractivity (Wildman–Crippen MR) is 112 cm³/mol. The summed E-state index contributed by atoms with van der Waals surface area (Å²) in [6.45, 7) is 2.39. The van der Waals surface area contributed by atoms with Crippen LogP contribution in [0.25, 0.3) is 0 Å². The second-order valence-electron chi connectivity index (χ2n) is 5.83. The predicted octanol–water partition coefficient (Wildman–Crippen LogP) is 3.51. The molecule has 8 heteroatoms. The number of nitrogen functional groups attached to an aromatic ring is 2. The second-order valence-corrected chi connectivity index (χ2v) is 6.90. The lowest BCUT2D eigenvalue weighted by Gasteiger charge is -2.18. The molecule has 144 valence electrons. The van der Waals surface area contributed by atoms with Crippen LogP contribution in [0, 0.1) is 0 Å². The first kappa shape index (κ1) is 19.5. The molecular weight excluding hydrogens is 374 g/mol. The highest BCUT2D eigenvalue weighted by Crippen LogP contribution is 2.36. The van der Waals surface area contributed by atoms with Crippen molar-refractivity contribution in [1.82, 2.24) is 9.97 Å². The topological polar surface area (TPSA) is 116 Å². The molecule has 0 aliphatic carbocycles. The number of benzene rings is 2. The van der Waals surface area contributed by atoms with E-state index in [9.17, 15) is 4.79 Å². The number of amides is 1. The fraction of sp³-hybridized carbons (Fsp3) is 0.150. The van der Waals surface area contributed by atoms with Gasteiger partial charge in [0.25, 0.3) is 0 Å². The van der Waals surface area contributed by atoms with Gasteiger partial charge in [-0.25, -0.2) is 9.97 Å². The Morgan fingerprint density at radius 2 is 1.71 bits per heavy atom. The average molecular weight is 395 g/mol. The van der Waals surface area contributed by atoms with Gasteiger partial charge >= 0.3 is 0 Å². The van der Waals surface area contributed by atoms with Gasteiger partial charge in [-0.3, -0.25) is 4.79 Å². The Hall–Kier alpha value is -3.26. The van der Waals surface area contributed by atoms with E-state index in [0.717, 1.165) is 5.56 Å². The standard InChI is InChI=1S/C20H21N5O2S/c1-2-27-15-11-7-6-10-14(15)23-19(26)18(13-8-4-3-5-9-13)28-20-24-16(21)12-17(22)25-20/h3-12,18H,2H2,1H3,(H,23,26)(H4,21,22,24,25)/t18-/m1/s1. The first-order valence-electron chi connectivity index (χ1n) is 8.71. The highest BCUT2D eigenvalue weighted by Gasteiger charge is 2.24. The maximum Gasteiger partial charge on any atom is 0.242 e. The zero-order valence-electron chi connectivity index (χ0n) is 15.3. The molecule has 3 rings (SSSR count). The third-order valence-electron chi connectivity index (χ3n) is 3.75. The van der Waals surface area contributed by atoms with Crippen molar-refractivity contribution in [3.8, 4) is 5.75 Å². The summed E-state index contributed by atoms with van der Waals surface area (Å²) in [7, 11) is 0. The highest BCUT2D eigenvalue weighted by molar-refractivity contribution is 8.00. The summed E-state index contributed by atoms with van der Waals surface area (Å²) in [5.74, 6) is 0.889. The Labute approximate surface area is 167 Å². The number of aromatic nitrogens is 2. The van der Waals surface area contributed by atoms with Crippen LogP contribution in [-0.4, -0.2) is 22.5 Å². The molecule has 5 N–H and O–H groups in total. The molecule has 2 aromatic carbocycles. The summed E-state index contributed by atoms with van der Waals surface area (Å²) in [6.07, 6.45) is 0. The van der Waals surface area contributed by atoms with Crippen molar-refractivity contribution in [2.24, 2.45) is 0 Å². The number of para-hydroxylation sites is 2. The number of nitrogens with zero attached hydrogens (tertiary/aromatic N) is 2. The van der Waals surface area contributed by atoms with Gasteiger partial charge in [0.2, 0.25) is 5.91 Å². The number of carbonyl (C=O) groups is 1. The summed E-state index contributed by atoms with van der Waals surface area (Å²) in [4.78, 5) is 21.5. The molecule has 1 atom stereocenters. The normalized spacial score (nSPS) is 11.6. The third-order valence-corrected chi connectivity index (χ3v) is 4.87. The Kier molecular flexibility index (Phi) is 6.33. The fourth-order valence-electron chi connectivity index (χ4n) is 2.57.